The van der Waals surface area contributed by atoms with E-state index in [9.17, 15) is 18.4 Å². The quantitative estimate of drug-likeness (QED) is 0.360. The van der Waals surface area contributed by atoms with Gasteiger partial charge in [-0.1, -0.05) is 42.5 Å². The Kier molecular flexibility index (Phi) is 7.27. The van der Waals surface area contributed by atoms with E-state index in [1.54, 1.807) is 54.6 Å². The lowest BCUT2D eigenvalue weighted by Crippen LogP contribution is -2.27. The number of hydrogen-bond acceptors (Lipinski definition) is 5. The lowest BCUT2D eigenvalue weighted by Gasteiger charge is -2.13. The van der Waals surface area contributed by atoms with Crippen LogP contribution >= 0.6 is 11.8 Å². The summed E-state index contributed by atoms with van der Waals surface area (Å²) in [5.41, 5.74) is 1.30. The molecule has 0 N–H and O–H groups in total. The van der Waals surface area contributed by atoms with Crippen molar-refractivity contribution in [2.45, 2.75) is 20.1 Å². The molecule has 34 heavy (non-hydrogen) atoms. The number of thioether (sulfide) groups is 1. The van der Waals surface area contributed by atoms with Crippen LogP contribution in [0.2, 0.25) is 0 Å². The highest BCUT2D eigenvalue weighted by Gasteiger charge is 2.35. The van der Waals surface area contributed by atoms with Crippen LogP contribution < -0.4 is 9.47 Å². The molecule has 0 aromatic heterocycles. The number of amides is 2. The molecule has 8 heteroatoms. The predicted octanol–water partition coefficient (Wildman–Crippen LogP) is 6.18. The maximum absolute atomic E-state index is 14.0. The van der Waals surface area contributed by atoms with Crippen LogP contribution in [0.25, 0.3) is 6.08 Å². The smallest absolute Gasteiger partial charge is 0.293 e. The molecule has 1 heterocycles. The van der Waals surface area contributed by atoms with Crippen LogP contribution in [-0.2, 0) is 17.9 Å². The summed E-state index contributed by atoms with van der Waals surface area (Å²) in [4.78, 5) is 26.5. The van der Waals surface area contributed by atoms with Crippen LogP contribution in [0.1, 0.15) is 23.6 Å². The van der Waals surface area contributed by atoms with Gasteiger partial charge in [0.05, 0.1) is 18.1 Å². The molecule has 4 rings (SSSR count). The third-order valence-corrected chi connectivity index (χ3v) is 5.97. The molecule has 0 radical (unpaired) electrons. The number of carbonyl (C=O) groups excluding carboxylic acids is 2. The van der Waals surface area contributed by atoms with Crippen LogP contribution in [0.3, 0.4) is 0 Å². The summed E-state index contributed by atoms with van der Waals surface area (Å²) in [5, 5.41) is -0.464. The molecule has 0 atom stereocenters. The lowest BCUT2D eigenvalue weighted by molar-refractivity contribution is -0.123. The fourth-order valence-electron chi connectivity index (χ4n) is 3.36. The zero-order chi connectivity index (χ0) is 24.1. The Hall–Kier alpha value is -3.65. The maximum Gasteiger partial charge on any atom is 0.293 e. The molecule has 3 aromatic rings. The fourth-order valence-corrected chi connectivity index (χ4v) is 4.20. The Balaban J connectivity index is 1.52. The summed E-state index contributed by atoms with van der Waals surface area (Å²) in [7, 11) is 0. The van der Waals surface area contributed by atoms with E-state index in [0.29, 0.717) is 29.2 Å². The number of hydrogen-bond donors (Lipinski definition) is 0. The van der Waals surface area contributed by atoms with Gasteiger partial charge in [-0.3, -0.25) is 14.5 Å². The Morgan fingerprint density at radius 2 is 1.56 bits per heavy atom. The standard InChI is InChI=1S/C26H21F2NO4S/c1-2-32-23-13-17(11-12-22(23)33-16-19-8-4-6-10-21(19)28)14-24-25(30)29(26(31)34-24)15-18-7-3-5-9-20(18)27/h3-14H,2,15-16H2,1H3/b24-14-. The van der Waals surface area contributed by atoms with E-state index < -0.39 is 17.0 Å². The number of nitrogens with zero attached hydrogens (tertiary/aromatic N) is 1. The third-order valence-electron chi connectivity index (χ3n) is 5.07. The molecule has 5 nitrogen and oxygen atoms in total. The summed E-state index contributed by atoms with van der Waals surface area (Å²) >= 11 is 0.797. The van der Waals surface area contributed by atoms with Gasteiger partial charge in [0.2, 0.25) is 0 Å². The van der Waals surface area contributed by atoms with Gasteiger partial charge in [-0.2, -0.15) is 0 Å². The average Bonchev–Trinajstić information content (AvgIpc) is 3.08. The Morgan fingerprint density at radius 1 is 0.882 bits per heavy atom. The van der Waals surface area contributed by atoms with Crippen LogP contribution in [-0.4, -0.2) is 22.7 Å². The fraction of sp³-hybridized carbons (Fsp3) is 0.154. The molecular weight excluding hydrogens is 460 g/mol. The molecule has 0 aliphatic carbocycles. The molecule has 0 saturated carbocycles. The number of ether oxygens (including phenoxy) is 2. The number of rotatable bonds is 8. The van der Waals surface area contributed by atoms with E-state index in [4.69, 9.17) is 9.47 Å². The Bertz CT molecular complexity index is 1260. The molecule has 174 valence electrons. The van der Waals surface area contributed by atoms with Crippen LogP contribution in [0, 0.1) is 11.6 Å². The van der Waals surface area contributed by atoms with E-state index in [1.165, 1.54) is 18.2 Å². The number of benzene rings is 3. The molecule has 1 fully saturated rings. The van der Waals surface area contributed by atoms with Gasteiger partial charge in [0.25, 0.3) is 11.1 Å². The molecule has 3 aromatic carbocycles. The van der Waals surface area contributed by atoms with Crippen LogP contribution in [0.4, 0.5) is 13.6 Å². The van der Waals surface area contributed by atoms with Crippen LogP contribution in [0.15, 0.2) is 71.6 Å². The zero-order valence-corrected chi connectivity index (χ0v) is 19.1. The highest BCUT2D eigenvalue weighted by Crippen LogP contribution is 2.36. The molecular formula is C26H21F2NO4S. The highest BCUT2D eigenvalue weighted by atomic mass is 32.2. The normalized spacial score (nSPS) is 14.7. The first-order chi connectivity index (χ1) is 16.5. The molecule has 1 aliphatic rings. The number of imide groups is 1. The van der Waals surface area contributed by atoms with E-state index in [-0.39, 0.29) is 29.4 Å². The van der Waals surface area contributed by atoms with Gasteiger partial charge < -0.3 is 9.47 Å². The van der Waals surface area contributed by atoms with Gasteiger partial charge in [0.1, 0.15) is 18.2 Å². The van der Waals surface area contributed by atoms with Gasteiger partial charge in [0.15, 0.2) is 11.5 Å². The Morgan fingerprint density at radius 3 is 2.24 bits per heavy atom. The molecule has 0 unspecified atom stereocenters. The van der Waals surface area contributed by atoms with Gasteiger partial charge in [-0.15, -0.1) is 0 Å². The van der Waals surface area contributed by atoms with Gasteiger partial charge in [-0.05, 0) is 54.6 Å². The van der Waals surface area contributed by atoms with E-state index >= 15 is 0 Å². The number of halogens is 2. The summed E-state index contributed by atoms with van der Waals surface area (Å²) in [6, 6.07) is 17.4. The second-order valence-corrected chi connectivity index (χ2v) is 8.37. The second-order valence-electron chi connectivity index (χ2n) is 7.38. The van der Waals surface area contributed by atoms with Gasteiger partial charge >= 0.3 is 0 Å². The molecule has 2 amide bonds. The Labute approximate surface area is 200 Å². The van der Waals surface area contributed by atoms with Crippen molar-refractivity contribution in [1.29, 1.82) is 0 Å². The molecule has 0 bridgehead atoms. The van der Waals surface area contributed by atoms with Crippen molar-refractivity contribution in [2.75, 3.05) is 6.61 Å². The largest absolute Gasteiger partial charge is 0.490 e. The summed E-state index contributed by atoms with van der Waals surface area (Å²) in [6.07, 6.45) is 1.58. The first-order valence-electron chi connectivity index (χ1n) is 10.6. The second kappa shape index (κ2) is 10.5. The SMILES string of the molecule is CCOc1cc(/C=C2\SC(=O)N(Cc3ccccc3F)C2=O)ccc1OCc1ccccc1F. The molecule has 0 spiro atoms. The zero-order valence-electron chi connectivity index (χ0n) is 18.3. The van der Waals surface area contributed by atoms with E-state index in [2.05, 4.69) is 0 Å². The highest BCUT2D eigenvalue weighted by molar-refractivity contribution is 8.18. The van der Waals surface area contributed by atoms with Crippen molar-refractivity contribution in [3.63, 3.8) is 0 Å². The molecule has 1 aliphatic heterocycles. The van der Waals surface area contributed by atoms with Crippen molar-refractivity contribution in [1.82, 2.24) is 4.90 Å². The minimum atomic E-state index is -0.490. The monoisotopic (exact) mass is 481 g/mol. The topological polar surface area (TPSA) is 55.8 Å². The summed E-state index contributed by atoms with van der Waals surface area (Å²) in [5.74, 6) is -0.467. The summed E-state index contributed by atoms with van der Waals surface area (Å²) < 4.78 is 39.3. The van der Waals surface area contributed by atoms with Crippen molar-refractivity contribution >= 4 is 29.0 Å². The first kappa shape index (κ1) is 23.5. The maximum atomic E-state index is 14.0. The minimum absolute atomic E-state index is 0.0288. The first-order valence-corrected chi connectivity index (χ1v) is 11.4. The third kappa shape index (κ3) is 5.28. The van der Waals surface area contributed by atoms with E-state index in [0.717, 1.165) is 16.7 Å². The molecule has 1 saturated heterocycles. The van der Waals surface area contributed by atoms with E-state index in [1.807, 2.05) is 6.92 Å². The van der Waals surface area contributed by atoms with Crippen molar-refractivity contribution < 1.29 is 27.8 Å². The minimum Gasteiger partial charge on any atom is -0.490 e. The van der Waals surface area contributed by atoms with Gasteiger partial charge in [0, 0.05) is 11.1 Å². The summed E-state index contributed by atoms with van der Waals surface area (Å²) in [6.45, 7) is 2.09. The van der Waals surface area contributed by atoms with Gasteiger partial charge in [-0.25, -0.2) is 8.78 Å². The van der Waals surface area contributed by atoms with Crippen molar-refractivity contribution in [3.8, 4) is 11.5 Å². The van der Waals surface area contributed by atoms with Crippen molar-refractivity contribution in [2.24, 2.45) is 0 Å². The van der Waals surface area contributed by atoms with Crippen LogP contribution in [0.5, 0.6) is 11.5 Å². The average molecular weight is 482 g/mol. The number of carbonyl (C=O) groups is 2. The predicted molar refractivity (Wildman–Crippen MR) is 126 cm³/mol. The lowest BCUT2D eigenvalue weighted by atomic mass is 10.1. The van der Waals surface area contributed by atoms with Crippen molar-refractivity contribution in [3.05, 3.63) is 100.0 Å².